The van der Waals surface area contributed by atoms with Gasteiger partial charge in [0, 0.05) is 31.6 Å². The molecule has 76 valence electrons. The van der Waals surface area contributed by atoms with Crippen molar-refractivity contribution in [2.45, 2.75) is 25.4 Å². The molecule has 0 spiro atoms. The van der Waals surface area contributed by atoms with E-state index in [1.54, 1.807) is 12.4 Å². The summed E-state index contributed by atoms with van der Waals surface area (Å²) in [6.07, 6.45) is 5.72. The number of rotatable bonds is 3. The third-order valence-corrected chi connectivity index (χ3v) is 2.39. The molecular formula is C10H15N3O. The first kappa shape index (κ1) is 9.55. The minimum Gasteiger partial charge on any atom is -0.381 e. The maximum atomic E-state index is 5.28. The molecule has 0 radical (unpaired) electrons. The lowest BCUT2D eigenvalue weighted by molar-refractivity contribution is 0.0774. The predicted octanol–water partition coefficient (Wildman–Crippen LogP) is 0.745. The number of hydrogen-bond acceptors (Lipinski definition) is 4. The van der Waals surface area contributed by atoms with Crippen LogP contribution in [-0.4, -0.2) is 29.2 Å². The molecular weight excluding hydrogens is 178 g/mol. The summed E-state index contributed by atoms with van der Waals surface area (Å²) in [5.74, 6) is 0.860. The van der Waals surface area contributed by atoms with E-state index in [0.29, 0.717) is 6.04 Å². The van der Waals surface area contributed by atoms with E-state index in [-0.39, 0.29) is 0 Å². The van der Waals surface area contributed by atoms with Crippen molar-refractivity contribution in [3.05, 3.63) is 24.3 Å². The van der Waals surface area contributed by atoms with Crippen molar-refractivity contribution < 1.29 is 4.74 Å². The highest BCUT2D eigenvalue weighted by molar-refractivity contribution is 4.88. The van der Waals surface area contributed by atoms with Crippen LogP contribution in [0.25, 0.3) is 0 Å². The fourth-order valence-corrected chi connectivity index (χ4v) is 1.56. The largest absolute Gasteiger partial charge is 0.381 e. The van der Waals surface area contributed by atoms with Crippen LogP contribution in [0.3, 0.4) is 0 Å². The Morgan fingerprint density at radius 1 is 1.29 bits per heavy atom. The van der Waals surface area contributed by atoms with Crippen LogP contribution in [0.5, 0.6) is 0 Å². The Bertz CT molecular complexity index is 259. The maximum absolute atomic E-state index is 5.28. The van der Waals surface area contributed by atoms with Crippen LogP contribution in [0, 0.1) is 0 Å². The van der Waals surface area contributed by atoms with Gasteiger partial charge in [-0.1, -0.05) is 0 Å². The Morgan fingerprint density at radius 3 is 2.71 bits per heavy atom. The minimum atomic E-state index is 0.563. The molecule has 1 aliphatic rings. The van der Waals surface area contributed by atoms with Gasteiger partial charge in [-0.05, 0) is 18.9 Å². The van der Waals surface area contributed by atoms with Crippen LogP contribution in [0.4, 0.5) is 0 Å². The van der Waals surface area contributed by atoms with Crippen molar-refractivity contribution in [2.75, 3.05) is 13.2 Å². The van der Waals surface area contributed by atoms with Crippen molar-refractivity contribution >= 4 is 0 Å². The Kier molecular flexibility index (Phi) is 3.43. The van der Waals surface area contributed by atoms with Gasteiger partial charge in [0.1, 0.15) is 5.82 Å². The summed E-state index contributed by atoms with van der Waals surface area (Å²) in [6, 6.07) is 2.39. The molecule has 0 unspecified atom stereocenters. The monoisotopic (exact) mass is 193 g/mol. The van der Waals surface area contributed by atoms with Gasteiger partial charge < -0.3 is 10.1 Å². The van der Waals surface area contributed by atoms with E-state index in [1.165, 1.54) is 0 Å². The molecule has 4 nitrogen and oxygen atoms in total. The lowest BCUT2D eigenvalue weighted by Crippen LogP contribution is -2.34. The molecule has 0 saturated carbocycles. The molecule has 4 heteroatoms. The van der Waals surface area contributed by atoms with E-state index in [2.05, 4.69) is 15.3 Å². The smallest absolute Gasteiger partial charge is 0.141 e. The van der Waals surface area contributed by atoms with Crippen LogP contribution in [0.2, 0.25) is 0 Å². The highest BCUT2D eigenvalue weighted by Crippen LogP contribution is 2.06. The number of nitrogens with one attached hydrogen (secondary N) is 1. The molecule has 1 aromatic rings. The maximum Gasteiger partial charge on any atom is 0.141 e. The van der Waals surface area contributed by atoms with E-state index in [0.717, 1.165) is 38.4 Å². The van der Waals surface area contributed by atoms with Crippen LogP contribution in [-0.2, 0) is 11.3 Å². The van der Waals surface area contributed by atoms with Gasteiger partial charge in [0.05, 0.1) is 6.54 Å². The summed E-state index contributed by atoms with van der Waals surface area (Å²) < 4.78 is 5.28. The van der Waals surface area contributed by atoms with Crippen molar-refractivity contribution in [1.29, 1.82) is 0 Å². The van der Waals surface area contributed by atoms with E-state index in [1.807, 2.05) is 6.07 Å². The second-order valence-electron chi connectivity index (χ2n) is 3.43. The minimum absolute atomic E-state index is 0.563. The van der Waals surface area contributed by atoms with Crippen molar-refractivity contribution in [1.82, 2.24) is 15.3 Å². The van der Waals surface area contributed by atoms with Crippen LogP contribution in [0.15, 0.2) is 18.5 Å². The molecule has 1 N–H and O–H groups in total. The number of nitrogens with zero attached hydrogens (tertiary/aromatic N) is 2. The fraction of sp³-hybridized carbons (Fsp3) is 0.600. The summed E-state index contributed by atoms with van der Waals surface area (Å²) >= 11 is 0. The number of ether oxygens (including phenoxy) is 1. The standard InChI is InChI=1S/C10H15N3O/c1-4-11-10(12-5-1)8-13-9-2-6-14-7-3-9/h1,4-5,9,13H,2-3,6-8H2. The Labute approximate surface area is 83.7 Å². The molecule has 1 aromatic heterocycles. The first-order valence-electron chi connectivity index (χ1n) is 5.02. The van der Waals surface area contributed by atoms with E-state index >= 15 is 0 Å². The van der Waals surface area contributed by atoms with E-state index in [9.17, 15) is 0 Å². The molecule has 0 aromatic carbocycles. The molecule has 1 fully saturated rings. The summed E-state index contributed by atoms with van der Waals surface area (Å²) in [5, 5.41) is 3.43. The molecule has 2 heterocycles. The lowest BCUT2D eigenvalue weighted by Gasteiger charge is -2.22. The Balaban J connectivity index is 1.76. The molecule has 0 amide bonds. The summed E-state index contributed by atoms with van der Waals surface area (Å²) in [4.78, 5) is 8.32. The number of hydrogen-bond donors (Lipinski definition) is 1. The predicted molar refractivity (Wildman–Crippen MR) is 52.7 cm³/mol. The molecule has 0 aliphatic carbocycles. The first-order chi connectivity index (χ1) is 6.95. The summed E-state index contributed by atoms with van der Waals surface area (Å²) in [6.45, 7) is 2.49. The Hall–Kier alpha value is -1.00. The zero-order valence-electron chi connectivity index (χ0n) is 8.15. The lowest BCUT2D eigenvalue weighted by atomic mass is 10.1. The van der Waals surface area contributed by atoms with Gasteiger partial charge in [-0.25, -0.2) is 9.97 Å². The van der Waals surface area contributed by atoms with Crippen LogP contribution >= 0.6 is 0 Å². The van der Waals surface area contributed by atoms with Gasteiger partial charge in [-0.2, -0.15) is 0 Å². The second kappa shape index (κ2) is 5.02. The Morgan fingerprint density at radius 2 is 2.00 bits per heavy atom. The molecule has 1 aliphatic heterocycles. The van der Waals surface area contributed by atoms with Crippen molar-refractivity contribution in [2.24, 2.45) is 0 Å². The topological polar surface area (TPSA) is 47.0 Å². The molecule has 0 bridgehead atoms. The van der Waals surface area contributed by atoms with Gasteiger partial charge in [-0.3, -0.25) is 0 Å². The van der Waals surface area contributed by atoms with Crippen LogP contribution in [0.1, 0.15) is 18.7 Å². The fourth-order valence-electron chi connectivity index (χ4n) is 1.56. The zero-order chi connectivity index (χ0) is 9.64. The van der Waals surface area contributed by atoms with Crippen molar-refractivity contribution in [3.8, 4) is 0 Å². The highest BCUT2D eigenvalue weighted by Gasteiger charge is 2.12. The molecule has 2 rings (SSSR count). The van der Waals surface area contributed by atoms with E-state index in [4.69, 9.17) is 4.74 Å². The average Bonchev–Trinajstić information content (AvgIpc) is 2.29. The van der Waals surface area contributed by atoms with Gasteiger partial charge >= 0.3 is 0 Å². The quantitative estimate of drug-likeness (QED) is 0.769. The van der Waals surface area contributed by atoms with E-state index < -0.39 is 0 Å². The van der Waals surface area contributed by atoms with Gasteiger partial charge in [0.2, 0.25) is 0 Å². The average molecular weight is 193 g/mol. The zero-order valence-corrected chi connectivity index (χ0v) is 8.15. The van der Waals surface area contributed by atoms with Gasteiger partial charge in [-0.15, -0.1) is 0 Å². The third-order valence-electron chi connectivity index (χ3n) is 2.39. The van der Waals surface area contributed by atoms with Gasteiger partial charge in [0.25, 0.3) is 0 Å². The van der Waals surface area contributed by atoms with Crippen molar-refractivity contribution in [3.63, 3.8) is 0 Å². The SMILES string of the molecule is c1cnc(CNC2CCOCC2)nc1. The third kappa shape index (κ3) is 2.75. The normalized spacial score (nSPS) is 18.3. The van der Waals surface area contributed by atoms with Crippen LogP contribution < -0.4 is 5.32 Å². The van der Waals surface area contributed by atoms with Gasteiger partial charge in [0.15, 0.2) is 0 Å². The molecule has 1 saturated heterocycles. The molecule has 0 atom stereocenters. The molecule has 14 heavy (non-hydrogen) atoms. The summed E-state index contributed by atoms with van der Waals surface area (Å²) in [7, 11) is 0. The highest BCUT2D eigenvalue weighted by atomic mass is 16.5. The first-order valence-corrected chi connectivity index (χ1v) is 5.02. The number of aromatic nitrogens is 2. The summed E-state index contributed by atoms with van der Waals surface area (Å²) in [5.41, 5.74) is 0. The second-order valence-corrected chi connectivity index (χ2v) is 3.43.